The molecule has 0 amide bonds. The van der Waals surface area contributed by atoms with Crippen LogP contribution in [0.25, 0.3) is 0 Å². The molecule has 0 spiro atoms. The predicted molar refractivity (Wildman–Crippen MR) is 131 cm³/mol. The summed E-state index contributed by atoms with van der Waals surface area (Å²) in [5.74, 6) is 0.962. The lowest BCUT2D eigenvalue weighted by Crippen LogP contribution is -2.41. The van der Waals surface area contributed by atoms with Crippen LogP contribution in [0.15, 0.2) is 18.2 Å². The number of aryl methyl sites for hydroxylation is 1. The Labute approximate surface area is 199 Å². The molecule has 3 rings (SSSR count). The van der Waals surface area contributed by atoms with E-state index in [1.165, 1.54) is 0 Å². The van der Waals surface area contributed by atoms with Crippen LogP contribution in [0.1, 0.15) is 84.7 Å². The molecule has 0 saturated carbocycles. The van der Waals surface area contributed by atoms with E-state index < -0.39 is 7.12 Å². The minimum atomic E-state index is -0.417. The average Bonchev–Trinajstić information content (AvgIpc) is 3.24. The largest absolute Gasteiger partial charge is 0.495 e. The molecule has 0 N–H and O–H groups in total. The van der Waals surface area contributed by atoms with Crippen LogP contribution in [0.3, 0.4) is 0 Å². The van der Waals surface area contributed by atoms with E-state index in [1.807, 2.05) is 11.6 Å². The zero-order chi connectivity index (χ0) is 24.1. The van der Waals surface area contributed by atoms with Crippen molar-refractivity contribution in [1.29, 1.82) is 0 Å². The van der Waals surface area contributed by atoms with Crippen LogP contribution in [-0.4, -0.2) is 46.3 Å². The fourth-order valence-electron chi connectivity index (χ4n) is 3.72. The Hall–Kier alpha value is -1.90. The number of benzene rings is 1. The Morgan fingerprint density at radius 3 is 2.39 bits per heavy atom. The second-order valence-electron chi connectivity index (χ2n) is 9.68. The first-order chi connectivity index (χ1) is 15.7. The molecule has 0 bridgehead atoms. The van der Waals surface area contributed by atoms with E-state index in [9.17, 15) is 0 Å². The van der Waals surface area contributed by atoms with Crippen molar-refractivity contribution in [1.82, 2.24) is 14.8 Å². The van der Waals surface area contributed by atoms with Crippen LogP contribution in [0.4, 0.5) is 0 Å². The lowest BCUT2D eigenvalue weighted by molar-refractivity contribution is 0.00578. The van der Waals surface area contributed by atoms with Gasteiger partial charge in [0.05, 0.1) is 31.0 Å². The lowest BCUT2D eigenvalue weighted by atomic mass is 9.75. The molecule has 7 nitrogen and oxygen atoms in total. The first kappa shape index (κ1) is 25.7. The van der Waals surface area contributed by atoms with Crippen LogP contribution in [0, 0.1) is 0 Å². The summed E-state index contributed by atoms with van der Waals surface area (Å²) in [7, 11) is -0.417. The van der Waals surface area contributed by atoms with Crippen molar-refractivity contribution in [3.63, 3.8) is 0 Å². The fourth-order valence-corrected chi connectivity index (χ4v) is 3.72. The highest BCUT2D eigenvalue weighted by molar-refractivity contribution is 6.62. The van der Waals surface area contributed by atoms with Gasteiger partial charge in [-0.05, 0) is 64.1 Å². The molecule has 1 aliphatic heterocycles. The molecular formula is C25H40BN3O4. The van der Waals surface area contributed by atoms with E-state index in [-0.39, 0.29) is 11.2 Å². The Bertz CT molecular complexity index is 897. The van der Waals surface area contributed by atoms with Gasteiger partial charge in [-0.15, -0.1) is 5.10 Å². The molecule has 0 atom stereocenters. The average molecular weight is 457 g/mol. The van der Waals surface area contributed by atoms with Gasteiger partial charge in [-0.25, -0.2) is 4.68 Å². The maximum Gasteiger partial charge on any atom is 0.495 e. The number of hydrogen-bond acceptors (Lipinski definition) is 6. The topological polar surface area (TPSA) is 67.6 Å². The summed E-state index contributed by atoms with van der Waals surface area (Å²) in [5, 5.41) is 4.63. The maximum atomic E-state index is 6.31. The summed E-state index contributed by atoms with van der Waals surface area (Å²) >= 11 is 0. The zero-order valence-corrected chi connectivity index (χ0v) is 21.4. The Kier molecular flexibility index (Phi) is 8.59. The minimum absolute atomic E-state index is 0.386. The summed E-state index contributed by atoms with van der Waals surface area (Å²) in [5.41, 5.74) is 2.45. The SMILES string of the molecule is CCCCc1nc(OCCC)nn1Cc1ccc(B2OC(C)(C)C(C)(C)O2)c(COCC)c1. The van der Waals surface area contributed by atoms with E-state index in [4.69, 9.17) is 18.8 Å². The van der Waals surface area contributed by atoms with Gasteiger partial charge < -0.3 is 18.8 Å². The van der Waals surface area contributed by atoms with Gasteiger partial charge in [0.2, 0.25) is 0 Å². The van der Waals surface area contributed by atoms with Crippen LogP contribution < -0.4 is 10.2 Å². The molecule has 1 saturated heterocycles. The van der Waals surface area contributed by atoms with Crippen LogP contribution in [0.2, 0.25) is 0 Å². The van der Waals surface area contributed by atoms with Crippen LogP contribution >= 0.6 is 0 Å². The molecule has 2 aromatic rings. The first-order valence-electron chi connectivity index (χ1n) is 12.3. The summed E-state index contributed by atoms with van der Waals surface area (Å²) in [6, 6.07) is 6.86. The maximum absolute atomic E-state index is 6.31. The highest BCUT2D eigenvalue weighted by atomic mass is 16.7. The first-order valence-corrected chi connectivity index (χ1v) is 12.3. The van der Waals surface area contributed by atoms with E-state index in [2.05, 4.69) is 69.8 Å². The van der Waals surface area contributed by atoms with Gasteiger partial charge in [0.15, 0.2) is 0 Å². The van der Waals surface area contributed by atoms with Crippen molar-refractivity contribution in [2.75, 3.05) is 13.2 Å². The number of aromatic nitrogens is 3. The predicted octanol–water partition coefficient (Wildman–Crippen LogP) is 4.29. The van der Waals surface area contributed by atoms with Crippen LogP contribution in [-0.2, 0) is 33.6 Å². The number of hydrogen-bond donors (Lipinski definition) is 0. The van der Waals surface area contributed by atoms with Crippen molar-refractivity contribution < 1.29 is 18.8 Å². The Balaban J connectivity index is 1.86. The number of unbranched alkanes of at least 4 members (excludes halogenated alkanes) is 1. The third-order valence-corrected chi connectivity index (χ3v) is 6.43. The number of ether oxygens (including phenoxy) is 2. The summed E-state index contributed by atoms with van der Waals surface area (Å²) in [6.07, 6.45) is 4.00. The summed E-state index contributed by atoms with van der Waals surface area (Å²) in [4.78, 5) is 4.63. The van der Waals surface area contributed by atoms with E-state index in [0.717, 1.165) is 48.1 Å². The van der Waals surface area contributed by atoms with Crippen molar-refractivity contribution in [2.45, 2.75) is 98.5 Å². The van der Waals surface area contributed by atoms with Gasteiger partial charge in [0.25, 0.3) is 0 Å². The van der Waals surface area contributed by atoms with Gasteiger partial charge in [-0.2, -0.15) is 4.98 Å². The molecular weight excluding hydrogens is 417 g/mol. The van der Waals surface area contributed by atoms with Crippen molar-refractivity contribution in [3.8, 4) is 6.01 Å². The summed E-state index contributed by atoms with van der Waals surface area (Å²) < 4.78 is 26.1. The fraction of sp³-hybridized carbons (Fsp3) is 0.680. The Morgan fingerprint density at radius 1 is 1.03 bits per heavy atom. The monoisotopic (exact) mass is 457 g/mol. The van der Waals surface area contributed by atoms with Crippen molar-refractivity contribution in [3.05, 3.63) is 35.2 Å². The molecule has 1 aromatic heterocycles. The molecule has 1 fully saturated rings. The third-order valence-electron chi connectivity index (χ3n) is 6.43. The number of rotatable bonds is 12. The van der Waals surface area contributed by atoms with Crippen molar-refractivity contribution >= 4 is 12.6 Å². The van der Waals surface area contributed by atoms with E-state index in [0.29, 0.717) is 32.4 Å². The van der Waals surface area contributed by atoms with Crippen molar-refractivity contribution in [2.24, 2.45) is 0 Å². The molecule has 0 radical (unpaired) electrons. The quantitative estimate of drug-likeness (QED) is 0.443. The van der Waals surface area contributed by atoms with Gasteiger partial charge >= 0.3 is 13.1 Å². The summed E-state index contributed by atoms with van der Waals surface area (Å²) in [6.45, 7) is 17.0. The molecule has 0 unspecified atom stereocenters. The standard InChI is InChI=1S/C25H40BN3O4/c1-8-11-12-22-27-23(31-15-9-2)28-29(22)17-19-13-14-21(20(16-19)18-30-10-3)26-32-24(4,5)25(6,7)33-26/h13-14,16H,8-12,15,17-18H2,1-7H3. The third kappa shape index (κ3) is 6.17. The van der Waals surface area contributed by atoms with Gasteiger partial charge in [0.1, 0.15) is 5.82 Å². The second kappa shape index (κ2) is 11.0. The van der Waals surface area contributed by atoms with Gasteiger partial charge in [0, 0.05) is 13.0 Å². The zero-order valence-electron chi connectivity index (χ0n) is 21.4. The normalized spacial score (nSPS) is 17.0. The van der Waals surface area contributed by atoms with E-state index >= 15 is 0 Å². The van der Waals surface area contributed by atoms with E-state index in [1.54, 1.807) is 0 Å². The molecule has 8 heteroatoms. The van der Waals surface area contributed by atoms with Gasteiger partial charge in [-0.3, -0.25) is 0 Å². The molecule has 33 heavy (non-hydrogen) atoms. The van der Waals surface area contributed by atoms with Gasteiger partial charge in [-0.1, -0.05) is 38.5 Å². The minimum Gasteiger partial charge on any atom is -0.462 e. The highest BCUT2D eigenvalue weighted by Crippen LogP contribution is 2.36. The number of nitrogens with zero attached hydrogens (tertiary/aromatic N) is 3. The molecule has 2 heterocycles. The molecule has 1 aliphatic rings. The second-order valence-corrected chi connectivity index (χ2v) is 9.68. The Morgan fingerprint density at radius 2 is 1.76 bits per heavy atom. The molecule has 0 aliphatic carbocycles. The highest BCUT2D eigenvalue weighted by Gasteiger charge is 2.52. The van der Waals surface area contributed by atoms with Crippen LogP contribution in [0.5, 0.6) is 6.01 Å². The smallest absolute Gasteiger partial charge is 0.462 e. The lowest BCUT2D eigenvalue weighted by Gasteiger charge is -2.32. The molecule has 182 valence electrons. The molecule has 1 aromatic carbocycles.